The van der Waals surface area contributed by atoms with Gasteiger partial charge in [-0.25, -0.2) is 0 Å². The molecule has 0 bridgehead atoms. The lowest BCUT2D eigenvalue weighted by atomic mass is 10.1. The van der Waals surface area contributed by atoms with Crippen LogP contribution < -0.4 is 0 Å². The molecule has 0 saturated carbocycles. The highest BCUT2D eigenvalue weighted by Crippen LogP contribution is 2.23. The molecule has 0 aliphatic carbocycles. The summed E-state index contributed by atoms with van der Waals surface area (Å²) < 4.78 is 0. The molecule has 0 atom stereocenters. The maximum absolute atomic E-state index is 2.17. The van der Waals surface area contributed by atoms with Gasteiger partial charge in [-0.3, -0.25) is 0 Å². The molecular formula is C11H14S. The summed E-state index contributed by atoms with van der Waals surface area (Å²) in [7, 11) is 0. The van der Waals surface area contributed by atoms with Crippen molar-refractivity contribution in [1.29, 1.82) is 0 Å². The first-order valence-corrected chi connectivity index (χ1v) is 5.25. The zero-order chi connectivity index (χ0) is 8.97. The second-order valence-corrected chi connectivity index (χ2v) is 3.77. The van der Waals surface area contributed by atoms with Crippen LogP contribution in [0.3, 0.4) is 0 Å². The summed E-state index contributed by atoms with van der Waals surface area (Å²) in [5, 5.41) is 0. The first-order chi connectivity index (χ1) is 5.75. The third kappa shape index (κ3) is 2.15. The Morgan fingerprint density at radius 2 is 1.67 bits per heavy atom. The number of allylic oxidation sites excluding steroid dienone is 2. The topological polar surface area (TPSA) is 0 Å². The highest BCUT2D eigenvalue weighted by molar-refractivity contribution is 8.02. The van der Waals surface area contributed by atoms with Gasteiger partial charge in [0.25, 0.3) is 0 Å². The maximum atomic E-state index is 2.17. The third-order valence-corrected chi connectivity index (χ3v) is 2.96. The van der Waals surface area contributed by atoms with E-state index in [1.807, 2.05) is 17.8 Å². The van der Waals surface area contributed by atoms with E-state index in [-0.39, 0.29) is 0 Å². The number of thioether (sulfide) groups is 1. The van der Waals surface area contributed by atoms with Crippen molar-refractivity contribution in [2.45, 2.75) is 13.8 Å². The third-order valence-electron chi connectivity index (χ3n) is 2.04. The summed E-state index contributed by atoms with van der Waals surface area (Å²) in [6, 6.07) is 10.5. The van der Waals surface area contributed by atoms with Crippen LogP contribution in [0.4, 0.5) is 0 Å². The molecular weight excluding hydrogens is 164 g/mol. The van der Waals surface area contributed by atoms with Crippen LogP contribution in [0.15, 0.2) is 35.2 Å². The van der Waals surface area contributed by atoms with E-state index in [1.54, 1.807) is 0 Å². The molecule has 0 aliphatic rings. The van der Waals surface area contributed by atoms with Crippen LogP contribution in [0.5, 0.6) is 0 Å². The Morgan fingerprint density at radius 3 is 2.17 bits per heavy atom. The number of hydrogen-bond acceptors (Lipinski definition) is 1. The minimum atomic E-state index is 1.32. The van der Waals surface area contributed by atoms with Gasteiger partial charge in [0.1, 0.15) is 0 Å². The molecule has 0 aromatic heterocycles. The van der Waals surface area contributed by atoms with E-state index in [0.717, 1.165) is 0 Å². The summed E-state index contributed by atoms with van der Waals surface area (Å²) >= 11 is 1.81. The average molecular weight is 178 g/mol. The van der Waals surface area contributed by atoms with Crippen molar-refractivity contribution in [2.75, 3.05) is 6.26 Å². The highest BCUT2D eigenvalue weighted by Gasteiger charge is 1.97. The zero-order valence-corrected chi connectivity index (χ0v) is 8.61. The van der Waals surface area contributed by atoms with Gasteiger partial charge < -0.3 is 0 Å². The molecule has 1 aromatic carbocycles. The number of rotatable bonds is 2. The van der Waals surface area contributed by atoms with Crippen LogP contribution in [0, 0.1) is 0 Å². The SMILES string of the molecule is CS/C(C)=C(\C)c1ccccc1. The van der Waals surface area contributed by atoms with E-state index in [4.69, 9.17) is 0 Å². The van der Waals surface area contributed by atoms with Crippen LogP contribution in [-0.2, 0) is 0 Å². The second-order valence-electron chi connectivity index (χ2n) is 2.75. The van der Waals surface area contributed by atoms with Crippen LogP contribution >= 0.6 is 11.8 Å². The number of benzene rings is 1. The maximum Gasteiger partial charge on any atom is -0.0140 e. The van der Waals surface area contributed by atoms with Gasteiger partial charge in [0.2, 0.25) is 0 Å². The van der Waals surface area contributed by atoms with Gasteiger partial charge >= 0.3 is 0 Å². The minimum absolute atomic E-state index is 1.32. The van der Waals surface area contributed by atoms with Crippen molar-refractivity contribution < 1.29 is 0 Å². The van der Waals surface area contributed by atoms with E-state index in [0.29, 0.717) is 0 Å². The van der Waals surface area contributed by atoms with E-state index in [1.165, 1.54) is 16.0 Å². The van der Waals surface area contributed by atoms with Crippen molar-refractivity contribution in [3.8, 4) is 0 Å². The molecule has 0 radical (unpaired) electrons. The predicted octanol–water partition coefficient (Wildman–Crippen LogP) is 3.80. The Bertz CT molecular complexity index is 272. The van der Waals surface area contributed by atoms with Crippen molar-refractivity contribution in [3.05, 3.63) is 40.8 Å². The standard InChI is InChI=1S/C11H14S/c1-9(10(2)12-3)11-7-5-4-6-8-11/h4-8H,1-3H3/b10-9+. The van der Waals surface area contributed by atoms with Gasteiger partial charge in [-0.2, -0.15) is 0 Å². The average Bonchev–Trinajstić information content (AvgIpc) is 2.17. The molecule has 0 unspecified atom stereocenters. The molecule has 0 N–H and O–H groups in total. The Kier molecular flexibility index (Phi) is 3.42. The van der Waals surface area contributed by atoms with Gasteiger partial charge in [0.15, 0.2) is 0 Å². The Morgan fingerprint density at radius 1 is 1.08 bits per heavy atom. The van der Waals surface area contributed by atoms with Crippen LogP contribution in [0.1, 0.15) is 19.4 Å². The predicted molar refractivity (Wildman–Crippen MR) is 58.2 cm³/mol. The lowest BCUT2D eigenvalue weighted by Crippen LogP contribution is -1.80. The Balaban J connectivity index is 3.00. The second kappa shape index (κ2) is 4.36. The molecule has 64 valence electrons. The molecule has 0 fully saturated rings. The van der Waals surface area contributed by atoms with Gasteiger partial charge in [-0.1, -0.05) is 30.3 Å². The van der Waals surface area contributed by atoms with E-state index >= 15 is 0 Å². The highest BCUT2D eigenvalue weighted by atomic mass is 32.2. The molecule has 0 amide bonds. The molecule has 0 heterocycles. The Hall–Kier alpha value is -0.690. The zero-order valence-electron chi connectivity index (χ0n) is 7.79. The summed E-state index contributed by atoms with van der Waals surface area (Å²) in [5.41, 5.74) is 2.70. The molecule has 0 saturated heterocycles. The molecule has 1 rings (SSSR count). The van der Waals surface area contributed by atoms with Crippen molar-refractivity contribution in [2.24, 2.45) is 0 Å². The Labute approximate surface area is 78.7 Å². The first-order valence-electron chi connectivity index (χ1n) is 4.02. The smallest absolute Gasteiger partial charge is 0.0140 e. The van der Waals surface area contributed by atoms with Crippen LogP contribution in [-0.4, -0.2) is 6.26 Å². The van der Waals surface area contributed by atoms with Gasteiger partial charge in [0.05, 0.1) is 0 Å². The van der Waals surface area contributed by atoms with Crippen LogP contribution in [0.2, 0.25) is 0 Å². The monoisotopic (exact) mass is 178 g/mol. The van der Waals surface area contributed by atoms with E-state index < -0.39 is 0 Å². The molecule has 1 aromatic rings. The molecule has 0 spiro atoms. The molecule has 12 heavy (non-hydrogen) atoms. The lowest BCUT2D eigenvalue weighted by molar-refractivity contribution is 1.52. The van der Waals surface area contributed by atoms with Gasteiger partial charge in [-0.05, 0) is 36.1 Å². The van der Waals surface area contributed by atoms with Gasteiger partial charge in [0, 0.05) is 0 Å². The van der Waals surface area contributed by atoms with Crippen molar-refractivity contribution in [1.82, 2.24) is 0 Å². The van der Waals surface area contributed by atoms with E-state index in [2.05, 4.69) is 44.4 Å². The summed E-state index contributed by atoms with van der Waals surface area (Å²) in [5.74, 6) is 0. The normalized spacial score (nSPS) is 12.6. The minimum Gasteiger partial charge on any atom is -0.134 e. The van der Waals surface area contributed by atoms with E-state index in [9.17, 15) is 0 Å². The lowest BCUT2D eigenvalue weighted by Gasteiger charge is -2.04. The molecule has 0 nitrogen and oxygen atoms in total. The fraction of sp³-hybridized carbons (Fsp3) is 0.273. The molecule has 1 heteroatoms. The largest absolute Gasteiger partial charge is 0.134 e. The first kappa shape index (κ1) is 9.40. The van der Waals surface area contributed by atoms with Gasteiger partial charge in [-0.15, -0.1) is 11.8 Å². The number of hydrogen-bond donors (Lipinski definition) is 0. The van der Waals surface area contributed by atoms with Crippen LogP contribution in [0.25, 0.3) is 5.57 Å². The van der Waals surface area contributed by atoms with Crippen molar-refractivity contribution >= 4 is 17.3 Å². The fourth-order valence-corrected chi connectivity index (χ4v) is 1.47. The summed E-state index contributed by atoms with van der Waals surface area (Å²) in [4.78, 5) is 1.39. The quantitative estimate of drug-likeness (QED) is 0.663. The van der Waals surface area contributed by atoms with Crippen molar-refractivity contribution in [3.63, 3.8) is 0 Å². The fourth-order valence-electron chi connectivity index (χ4n) is 1.04. The molecule has 0 aliphatic heterocycles. The summed E-state index contributed by atoms with van der Waals surface area (Å²) in [6.45, 7) is 4.33. The summed E-state index contributed by atoms with van der Waals surface area (Å²) in [6.07, 6.45) is 2.11.